The number of fused-ring (bicyclic) bond motifs is 8. The smallest absolute Gasteiger partial charge is 0.123 e. The fraction of sp³-hybridized carbons (Fsp3) is 0.114. The van der Waals surface area contributed by atoms with E-state index in [1.807, 2.05) is 0 Å². The van der Waals surface area contributed by atoms with Gasteiger partial charge in [-0.1, -0.05) is 48.5 Å². The highest BCUT2D eigenvalue weighted by Gasteiger charge is 2.23. The lowest BCUT2D eigenvalue weighted by atomic mass is 9.94. The van der Waals surface area contributed by atoms with Gasteiger partial charge in [0.05, 0.1) is 17.4 Å². The van der Waals surface area contributed by atoms with Crippen LogP contribution >= 0.6 is 0 Å². The number of aryl methyl sites for hydroxylation is 2. The molecule has 7 heteroatoms. The molecule has 7 nitrogen and oxygen atoms in total. The molecule has 9 aromatic rings. The largest absolute Gasteiger partial charge is 0.344 e. The standard InChI is InChI=1S/C35H27N7/c1-3-41-26-11-7-5-9-22(26)24-17-20(13-15-28(24)41)30-32-33(37-19-36-32)31(35-34(30)38-40-39-35)21-14-16-29-25(18-21)23-10-6-8-12-27(23)42(29)4-2/h5-19H,3-4H2,1-2H3,(H,36,37)(H,38,39,40). The van der Waals surface area contributed by atoms with Crippen molar-refractivity contribution in [1.82, 2.24) is 34.5 Å². The Hall–Kier alpha value is -5.43. The highest BCUT2D eigenvalue weighted by Crippen LogP contribution is 2.43. The summed E-state index contributed by atoms with van der Waals surface area (Å²) in [6, 6.07) is 30.7. The minimum absolute atomic E-state index is 0.819. The van der Waals surface area contributed by atoms with E-state index in [0.717, 1.165) is 57.4 Å². The van der Waals surface area contributed by atoms with Crippen molar-refractivity contribution in [2.45, 2.75) is 26.9 Å². The number of hydrogen-bond acceptors (Lipinski definition) is 3. The number of aromatic amines is 2. The van der Waals surface area contributed by atoms with Crippen LogP contribution in [0.1, 0.15) is 13.8 Å². The molecule has 0 saturated carbocycles. The van der Waals surface area contributed by atoms with Crippen molar-refractivity contribution < 1.29 is 0 Å². The van der Waals surface area contributed by atoms with E-state index in [9.17, 15) is 0 Å². The second-order valence-corrected chi connectivity index (χ2v) is 10.9. The van der Waals surface area contributed by atoms with Gasteiger partial charge in [0, 0.05) is 67.8 Å². The molecule has 0 saturated heterocycles. The third-order valence-corrected chi connectivity index (χ3v) is 8.90. The van der Waals surface area contributed by atoms with Gasteiger partial charge in [0.1, 0.15) is 11.0 Å². The molecule has 2 N–H and O–H groups in total. The van der Waals surface area contributed by atoms with Crippen molar-refractivity contribution in [2.24, 2.45) is 0 Å². The fourth-order valence-corrected chi connectivity index (χ4v) is 7.14. The third kappa shape index (κ3) is 2.97. The summed E-state index contributed by atoms with van der Waals surface area (Å²) in [7, 11) is 0. The molecular weight excluding hydrogens is 518 g/mol. The maximum Gasteiger partial charge on any atom is 0.123 e. The van der Waals surface area contributed by atoms with Gasteiger partial charge in [0.15, 0.2) is 0 Å². The van der Waals surface area contributed by atoms with E-state index in [2.05, 4.69) is 118 Å². The second kappa shape index (κ2) is 8.54. The Morgan fingerprint density at radius 2 is 1.10 bits per heavy atom. The van der Waals surface area contributed by atoms with Crippen LogP contribution in [0.4, 0.5) is 0 Å². The Bertz CT molecular complexity index is 2280. The summed E-state index contributed by atoms with van der Waals surface area (Å²) in [6.45, 7) is 6.22. The number of para-hydroxylation sites is 2. The van der Waals surface area contributed by atoms with Gasteiger partial charge < -0.3 is 14.1 Å². The molecule has 0 amide bonds. The van der Waals surface area contributed by atoms with Crippen LogP contribution in [0.15, 0.2) is 91.3 Å². The summed E-state index contributed by atoms with van der Waals surface area (Å²) < 4.78 is 4.75. The van der Waals surface area contributed by atoms with Crippen molar-refractivity contribution in [3.05, 3.63) is 91.3 Å². The number of benzene rings is 5. The molecule has 4 heterocycles. The normalized spacial score (nSPS) is 12.2. The van der Waals surface area contributed by atoms with Crippen LogP contribution in [-0.4, -0.2) is 34.5 Å². The molecule has 0 aliphatic heterocycles. The molecule has 0 radical (unpaired) electrons. The lowest BCUT2D eigenvalue weighted by molar-refractivity contribution is 0.827. The molecule has 0 fully saturated rings. The van der Waals surface area contributed by atoms with Crippen molar-refractivity contribution in [3.8, 4) is 22.3 Å². The van der Waals surface area contributed by atoms with Gasteiger partial charge in [-0.05, 0) is 61.4 Å². The van der Waals surface area contributed by atoms with Crippen LogP contribution in [0.3, 0.4) is 0 Å². The summed E-state index contributed by atoms with van der Waals surface area (Å²) in [4.78, 5) is 8.32. The van der Waals surface area contributed by atoms with Gasteiger partial charge >= 0.3 is 0 Å². The van der Waals surface area contributed by atoms with E-state index in [1.54, 1.807) is 6.33 Å². The molecule has 0 aliphatic carbocycles. The summed E-state index contributed by atoms with van der Waals surface area (Å²) in [5.41, 5.74) is 12.6. The first-order valence-electron chi connectivity index (χ1n) is 14.5. The number of nitrogens with one attached hydrogen (secondary N) is 2. The molecule has 0 atom stereocenters. The number of H-pyrrole nitrogens is 2. The number of hydrogen-bond donors (Lipinski definition) is 2. The predicted molar refractivity (Wildman–Crippen MR) is 172 cm³/mol. The molecule has 0 unspecified atom stereocenters. The second-order valence-electron chi connectivity index (χ2n) is 10.9. The first kappa shape index (κ1) is 23.3. The fourth-order valence-electron chi connectivity index (χ4n) is 7.14. The zero-order chi connectivity index (χ0) is 27.9. The molecule has 0 spiro atoms. The Kier molecular flexibility index (Phi) is 4.73. The predicted octanol–water partition coefficient (Wildman–Crippen LogP) is 8.42. The summed E-state index contributed by atoms with van der Waals surface area (Å²) in [5.74, 6) is 0. The SMILES string of the molecule is CCn1c2ccccc2c2cc(-c3c4n[nH]nc4c(-c4ccc5c(c4)c4ccccc4n5CC)c4[nH]cnc34)ccc21. The monoisotopic (exact) mass is 545 g/mol. The average Bonchev–Trinajstić information content (AvgIpc) is 3.82. The first-order valence-corrected chi connectivity index (χ1v) is 14.5. The van der Waals surface area contributed by atoms with Crippen LogP contribution in [0, 0.1) is 0 Å². The highest BCUT2D eigenvalue weighted by atomic mass is 15.3. The van der Waals surface area contributed by atoms with Gasteiger partial charge in [-0.15, -0.1) is 0 Å². The lowest BCUT2D eigenvalue weighted by Crippen LogP contribution is -1.93. The number of rotatable bonds is 4. The zero-order valence-electron chi connectivity index (χ0n) is 23.3. The zero-order valence-corrected chi connectivity index (χ0v) is 23.3. The maximum absolute atomic E-state index is 4.86. The number of aromatic nitrogens is 7. The van der Waals surface area contributed by atoms with Gasteiger partial charge in [-0.3, -0.25) is 0 Å². The van der Waals surface area contributed by atoms with Crippen molar-refractivity contribution >= 4 is 65.7 Å². The van der Waals surface area contributed by atoms with E-state index in [-0.39, 0.29) is 0 Å². The first-order chi connectivity index (χ1) is 20.8. The minimum Gasteiger partial charge on any atom is -0.344 e. The molecule has 42 heavy (non-hydrogen) atoms. The van der Waals surface area contributed by atoms with Crippen LogP contribution in [-0.2, 0) is 13.1 Å². The Balaban J connectivity index is 1.33. The molecule has 0 bridgehead atoms. The third-order valence-electron chi connectivity index (χ3n) is 8.90. The van der Waals surface area contributed by atoms with E-state index in [4.69, 9.17) is 15.2 Å². The lowest BCUT2D eigenvalue weighted by Gasteiger charge is -2.11. The minimum atomic E-state index is 0.819. The van der Waals surface area contributed by atoms with E-state index < -0.39 is 0 Å². The van der Waals surface area contributed by atoms with Gasteiger partial charge in [0.25, 0.3) is 0 Å². The van der Waals surface area contributed by atoms with E-state index in [0.29, 0.717) is 0 Å². The quantitative estimate of drug-likeness (QED) is 0.233. The maximum atomic E-state index is 4.86. The Labute approximate surface area is 240 Å². The van der Waals surface area contributed by atoms with Crippen molar-refractivity contribution in [2.75, 3.05) is 0 Å². The van der Waals surface area contributed by atoms with Crippen molar-refractivity contribution in [1.29, 1.82) is 0 Å². The molecule has 202 valence electrons. The van der Waals surface area contributed by atoms with Crippen LogP contribution in [0.25, 0.3) is 87.9 Å². The van der Waals surface area contributed by atoms with E-state index >= 15 is 0 Å². The molecule has 0 aliphatic rings. The van der Waals surface area contributed by atoms with Crippen LogP contribution in [0.2, 0.25) is 0 Å². The number of nitrogens with zero attached hydrogens (tertiary/aromatic N) is 5. The summed E-state index contributed by atoms with van der Waals surface area (Å²) >= 11 is 0. The van der Waals surface area contributed by atoms with Crippen molar-refractivity contribution in [3.63, 3.8) is 0 Å². The highest BCUT2D eigenvalue weighted by molar-refractivity contribution is 6.19. The van der Waals surface area contributed by atoms with Gasteiger partial charge in [-0.25, -0.2) is 4.98 Å². The summed E-state index contributed by atoms with van der Waals surface area (Å²) in [6.07, 6.45) is 1.78. The van der Waals surface area contributed by atoms with E-state index in [1.165, 1.54) is 43.6 Å². The topological polar surface area (TPSA) is 80.1 Å². The van der Waals surface area contributed by atoms with Gasteiger partial charge in [0.2, 0.25) is 0 Å². The average molecular weight is 546 g/mol. The number of imidazole rings is 1. The Morgan fingerprint density at radius 3 is 1.69 bits per heavy atom. The summed E-state index contributed by atoms with van der Waals surface area (Å²) in [5, 5.41) is 17.3. The van der Waals surface area contributed by atoms with Crippen LogP contribution in [0.5, 0.6) is 0 Å². The Morgan fingerprint density at radius 1 is 0.571 bits per heavy atom. The molecule has 5 aromatic carbocycles. The van der Waals surface area contributed by atoms with Gasteiger partial charge in [-0.2, -0.15) is 15.4 Å². The van der Waals surface area contributed by atoms with Crippen LogP contribution < -0.4 is 0 Å². The molecule has 4 aromatic heterocycles. The molecular formula is C35H27N7. The molecule has 9 rings (SSSR count).